The van der Waals surface area contributed by atoms with Crippen molar-refractivity contribution in [3.8, 4) is 0 Å². The number of fused-ring (bicyclic) bond motifs is 1. The Morgan fingerprint density at radius 1 is 1.08 bits per heavy atom. The number of hydrogen-bond acceptors (Lipinski definition) is 3. The third-order valence-electron chi connectivity index (χ3n) is 5.78. The fourth-order valence-electron chi connectivity index (χ4n) is 4.39. The highest BCUT2D eigenvalue weighted by atomic mass is 32.1. The maximum atomic E-state index is 7.00. The Morgan fingerprint density at radius 2 is 1.92 bits per heavy atom. The van der Waals surface area contributed by atoms with E-state index in [-0.39, 0.29) is 0 Å². The van der Waals surface area contributed by atoms with Gasteiger partial charge in [0.1, 0.15) is 0 Å². The van der Waals surface area contributed by atoms with Gasteiger partial charge in [-0.05, 0) is 79.2 Å². The van der Waals surface area contributed by atoms with Gasteiger partial charge in [0.25, 0.3) is 0 Å². The number of aryl methyl sites for hydroxylation is 1. The first-order valence-electron chi connectivity index (χ1n) is 9.69. The molecule has 24 heavy (non-hydrogen) atoms. The maximum absolute atomic E-state index is 7.00. The van der Waals surface area contributed by atoms with Crippen LogP contribution in [-0.2, 0) is 12.8 Å². The van der Waals surface area contributed by atoms with Crippen LogP contribution >= 0.6 is 12.6 Å². The van der Waals surface area contributed by atoms with Crippen LogP contribution < -0.4 is 5.73 Å². The monoisotopic (exact) mass is 349 g/mol. The standard InChI is InChI=1S/C20H31NS.CH4O/c21-20-10-9-19(14-20)18-8-7-16-12-15(4-2-1-3-11-22)5-6-17(16)13-18;1-2/h7-8,13,15,19-20,22H,1-6,9-12,14,21H2;2H,1H3/t15-,19?,20?;/m0./s1. The summed E-state index contributed by atoms with van der Waals surface area (Å²) in [6, 6.07) is 7.76. The Kier molecular flexibility index (Phi) is 8.65. The van der Waals surface area contributed by atoms with Crippen LogP contribution in [0, 0.1) is 5.92 Å². The summed E-state index contributed by atoms with van der Waals surface area (Å²) < 4.78 is 0. The molecule has 3 rings (SSSR count). The van der Waals surface area contributed by atoms with Crippen molar-refractivity contribution in [2.24, 2.45) is 11.7 Å². The zero-order valence-electron chi connectivity index (χ0n) is 15.2. The lowest BCUT2D eigenvalue weighted by atomic mass is 9.80. The van der Waals surface area contributed by atoms with Gasteiger partial charge in [0.15, 0.2) is 0 Å². The van der Waals surface area contributed by atoms with Crippen LogP contribution in [0.3, 0.4) is 0 Å². The summed E-state index contributed by atoms with van der Waals surface area (Å²) in [4.78, 5) is 0. The largest absolute Gasteiger partial charge is 0.400 e. The van der Waals surface area contributed by atoms with Crippen molar-refractivity contribution in [1.29, 1.82) is 0 Å². The second-order valence-corrected chi connectivity index (χ2v) is 7.93. The predicted molar refractivity (Wildman–Crippen MR) is 107 cm³/mol. The van der Waals surface area contributed by atoms with Gasteiger partial charge in [-0.15, -0.1) is 0 Å². The highest BCUT2D eigenvalue weighted by Crippen LogP contribution is 2.36. The van der Waals surface area contributed by atoms with Gasteiger partial charge in [-0.1, -0.05) is 37.5 Å². The first kappa shape index (κ1) is 19.8. The number of aliphatic hydroxyl groups excluding tert-OH is 1. The van der Waals surface area contributed by atoms with E-state index in [9.17, 15) is 0 Å². The molecule has 136 valence electrons. The lowest BCUT2D eigenvalue weighted by Crippen LogP contribution is -2.16. The number of unbranched alkanes of at least 4 members (excludes halogenated alkanes) is 2. The topological polar surface area (TPSA) is 46.2 Å². The van der Waals surface area contributed by atoms with Crippen molar-refractivity contribution in [3.05, 3.63) is 34.9 Å². The summed E-state index contributed by atoms with van der Waals surface area (Å²) in [6.07, 6.45) is 13.1. The molecule has 0 bridgehead atoms. The van der Waals surface area contributed by atoms with E-state index in [4.69, 9.17) is 10.8 Å². The van der Waals surface area contributed by atoms with Gasteiger partial charge in [0, 0.05) is 13.2 Å². The number of nitrogens with two attached hydrogens (primary N) is 1. The minimum absolute atomic E-state index is 0.433. The third-order valence-corrected chi connectivity index (χ3v) is 6.09. The van der Waals surface area contributed by atoms with Crippen LogP contribution in [0.1, 0.15) is 74.0 Å². The molecule has 2 unspecified atom stereocenters. The van der Waals surface area contributed by atoms with Crippen LogP contribution in [0.5, 0.6) is 0 Å². The molecule has 2 aliphatic rings. The molecule has 2 aliphatic carbocycles. The minimum atomic E-state index is 0.433. The molecule has 1 fully saturated rings. The smallest absolute Gasteiger partial charge is 0.0319 e. The van der Waals surface area contributed by atoms with Crippen molar-refractivity contribution in [2.75, 3.05) is 12.9 Å². The number of rotatable bonds is 6. The van der Waals surface area contributed by atoms with E-state index < -0.39 is 0 Å². The van der Waals surface area contributed by atoms with Crippen molar-refractivity contribution in [3.63, 3.8) is 0 Å². The van der Waals surface area contributed by atoms with E-state index in [0.29, 0.717) is 6.04 Å². The molecular weight excluding hydrogens is 314 g/mol. The van der Waals surface area contributed by atoms with E-state index in [1.54, 1.807) is 16.7 Å². The van der Waals surface area contributed by atoms with Crippen LogP contribution in [0.2, 0.25) is 0 Å². The molecule has 0 radical (unpaired) electrons. The van der Waals surface area contributed by atoms with Gasteiger partial charge in [-0.3, -0.25) is 0 Å². The van der Waals surface area contributed by atoms with Crippen LogP contribution in [0.25, 0.3) is 0 Å². The zero-order chi connectivity index (χ0) is 17.4. The molecule has 1 aromatic rings. The highest BCUT2D eigenvalue weighted by Gasteiger charge is 2.25. The average Bonchev–Trinajstić information content (AvgIpc) is 3.06. The van der Waals surface area contributed by atoms with E-state index in [0.717, 1.165) is 24.7 Å². The van der Waals surface area contributed by atoms with Gasteiger partial charge in [0.05, 0.1) is 0 Å². The summed E-state index contributed by atoms with van der Waals surface area (Å²) in [5, 5.41) is 7.00. The molecule has 0 saturated heterocycles. The lowest BCUT2D eigenvalue weighted by molar-refractivity contribution is 0.399. The second-order valence-electron chi connectivity index (χ2n) is 7.48. The molecule has 1 saturated carbocycles. The number of aliphatic hydroxyl groups is 1. The van der Waals surface area contributed by atoms with Crippen LogP contribution in [0.4, 0.5) is 0 Å². The Balaban J connectivity index is 0.00000100. The maximum Gasteiger partial charge on any atom is 0.0319 e. The van der Waals surface area contributed by atoms with E-state index in [1.807, 2.05) is 0 Å². The summed E-state index contributed by atoms with van der Waals surface area (Å²) in [5.74, 6) is 2.68. The molecule has 0 aliphatic heterocycles. The normalized spacial score (nSPS) is 25.8. The Morgan fingerprint density at radius 3 is 2.62 bits per heavy atom. The first-order valence-corrected chi connectivity index (χ1v) is 10.3. The number of thiol groups is 1. The molecule has 0 amide bonds. The molecule has 0 aromatic heterocycles. The average molecular weight is 350 g/mol. The van der Waals surface area contributed by atoms with Gasteiger partial charge < -0.3 is 10.8 Å². The minimum Gasteiger partial charge on any atom is -0.400 e. The fourth-order valence-corrected chi connectivity index (χ4v) is 4.62. The van der Waals surface area contributed by atoms with Crippen molar-refractivity contribution < 1.29 is 5.11 Å². The third kappa shape index (κ3) is 5.50. The van der Waals surface area contributed by atoms with Crippen molar-refractivity contribution in [1.82, 2.24) is 0 Å². The number of hydrogen-bond donors (Lipinski definition) is 3. The van der Waals surface area contributed by atoms with E-state index >= 15 is 0 Å². The highest BCUT2D eigenvalue weighted by molar-refractivity contribution is 7.80. The van der Waals surface area contributed by atoms with Crippen LogP contribution in [-0.4, -0.2) is 24.0 Å². The summed E-state index contributed by atoms with van der Waals surface area (Å²) >= 11 is 4.30. The van der Waals surface area contributed by atoms with Crippen molar-refractivity contribution >= 4 is 12.6 Å². The molecule has 0 heterocycles. The quantitative estimate of drug-likeness (QED) is 0.523. The summed E-state index contributed by atoms with van der Waals surface area (Å²) in [6.45, 7) is 0. The molecule has 2 nitrogen and oxygen atoms in total. The SMILES string of the molecule is CO.NC1CCC(c2ccc3c(c2)CC[C@H](CCCCCS)C3)C1. The van der Waals surface area contributed by atoms with E-state index in [1.165, 1.54) is 64.2 Å². The fraction of sp³-hybridized carbons (Fsp3) is 0.714. The van der Waals surface area contributed by atoms with Gasteiger partial charge >= 0.3 is 0 Å². The zero-order valence-corrected chi connectivity index (χ0v) is 16.1. The second kappa shape index (κ2) is 10.5. The summed E-state index contributed by atoms with van der Waals surface area (Å²) in [5.41, 5.74) is 10.9. The lowest BCUT2D eigenvalue weighted by Gasteiger charge is -2.26. The molecule has 3 heteroatoms. The number of benzene rings is 1. The molecule has 0 spiro atoms. The van der Waals surface area contributed by atoms with E-state index in [2.05, 4.69) is 30.8 Å². The van der Waals surface area contributed by atoms with Crippen LogP contribution in [0.15, 0.2) is 18.2 Å². The van der Waals surface area contributed by atoms with Gasteiger partial charge in [-0.25, -0.2) is 0 Å². The van der Waals surface area contributed by atoms with Gasteiger partial charge in [-0.2, -0.15) is 12.6 Å². The Bertz CT molecular complexity index is 491. The van der Waals surface area contributed by atoms with Crippen molar-refractivity contribution in [2.45, 2.75) is 76.2 Å². The Hall–Kier alpha value is -0.510. The summed E-state index contributed by atoms with van der Waals surface area (Å²) in [7, 11) is 1.00. The molecule has 3 atom stereocenters. The van der Waals surface area contributed by atoms with Gasteiger partial charge in [0.2, 0.25) is 0 Å². The molecular formula is C21H35NOS. The first-order chi connectivity index (χ1) is 11.8. The molecule has 3 N–H and O–H groups in total. The predicted octanol–water partition coefficient (Wildman–Crippen LogP) is 4.49. The Labute approximate surface area is 153 Å². The molecule has 1 aromatic carbocycles.